The van der Waals surface area contributed by atoms with Crippen molar-refractivity contribution in [1.29, 1.82) is 0 Å². The lowest BCUT2D eigenvalue weighted by Gasteiger charge is -2.23. The van der Waals surface area contributed by atoms with E-state index in [2.05, 4.69) is 23.8 Å². The van der Waals surface area contributed by atoms with Gasteiger partial charge < -0.3 is 9.88 Å². The van der Waals surface area contributed by atoms with Gasteiger partial charge in [0.2, 0.25) is 0 Å². The molecule has 0 amide bonds. The van der Waals surface area contributed by atoms with Crippen molar-refractivity contribution in [3.05, 3.63) is 22.1 Å². The van der Waals surface area contributed by atoms with E-state index in [0.29, 0.717) is 5.92 Å². The maximum atomic E-state index is 11.6. The molecule has 19 heavy (non-hydrogen) atoms. The third kappa shape index (κ3) is 4.66. The fourth-order valence-electron chi connectivity index (χ4n) is 2.41. The lowest BCUT2D eigenvalue weighted by atomic mass is 10.1. The number of quaternary nitrogens is 1. The molecular formula is C14H24N3OS+. The predicted molar refractivity (Wildman–Crippen MR) is 79.1 cm³/mol. The zero-order valence-electron chi connectivity index (χ0n) is 11.9. The first-order chi connectivity index (χ1) is 9.15. The first-order valence-corrected chi connectivity index (χ1v) is 8.21. The maximum Gasteiger partial charge on any atom is 0.251 e. The molecule has 0 unspecified atom stereocenters. The third-order valence-corrected chi connectivity index (χ3v) is 4.46. The predicted octanol–water partition coefficient (Wildman–Crippen LogP) is 1.05. The highest BCUT2D eigenvalue weighted by atomic mass is 32.2. The van der Waals surface area contributed by atoms with Crippen LogP contribution in [0.5, 0.6) is 0 Å². The van der Waals surface area contributed by atoms with E-state index in [4.69, 9.17) is 0 Å². The molecule has 2 heterocycles. The van der Waals surface area contributed by atoms with Crippen molar-refractivity contribution in [2.75, 3.05) is 25.4 Å². The second-order valence-corrected chi connectivity index (χ2v) is 6.62. The Morgan fingerprint density at radius 3 is 2.79 bits per heavy atom. The Morgan fingerprint density at radius 1 is 1.37 bits per heavy atom. The molecule has 1 aliphatic heterocycles. The summed E-state index contributed by atoms with van der Waals surface area (Å²) in [5, 5.41) is 0.771. The Balaban J connectivity index is 1.86. The van der Waals surface area contributed by atoms with E-state index in [1.54, 1.807) is 22.7 Å². The van der Waals surface area contributed by atoms with Gasteiger partial charge in [0.05, 0.1) is 31.1 Å². The Kier molecular flexibility index (Phi) is 5.45. The van der Waals surface area contributed by atoms with E-state index in [1.807, 2.05) is 0 Å². The van der Waals surface area contributed by atoms with Crippen molar-refractivity contribution >= 4 is 11.8 Å². The molecule has 0 aliphatic carbocycles. The lowest BCUT2D eigenvalue weighted by molar-refractivity contribution is -0.902. The average molecular weight is 282 g/mol. The molecule has 0 aromatic carbocycles. The largest absolute Gasteiger partial charge is 0.334 e. The van der Waals surface area contributed by atoms with Gasteiger partial charge in [-0.3, -0.25) is 4.79 Å². The van der Waals surface area contributed by atoms with E-state index in [9.17, 15) is 4.79 Å². The van der Waals surface area contributed by atoms with Gasteiger partial charge in [0.25, 0.3) is 5.56 Å². The highest BCUT2D eigenvalue weighted by Crippen LogP contribution is 2.14. The summed E-state index contributed by atoms with van der Waals surface area (Å²) >= 11 is 1.67. The number of rotatable bonds is 5. The van der Waals surface area contributed by atoms with E-state index in [1.165, 1.54) is 38.9 Å². The molecule has 0 atom stereocenters. The van der Waals surface area contributed by atoms with Crippen LogP contribution in [0.3, 0.4) is 0 Å². The van der Waals surface area contributed by atoms with Crippen molar-refractivity contribution in [3.63, 3.8) is 0 Å². The van der Waals surface area contributed by atoms with Gasteiger partial charge in [0.15, 0.2) is 5.16 Å². The smallest absolute Gasteiger partial charge is 0.251 e. The van der Waals surface area contributed by atoms with Gasteiger partial charge in [-0.05, 0) is 25.2 Å². The Labute approximate surface area is 119 Å². The number of likely N-dealkylation sites (tertiary alicyclic amines) is 1. The van der Waals surface area contributed by atoms with Crippen LogP contribution in [0.25, 0.3) is 0 Å². The summed E-state index contributed by atoms with van der Waals surface area (Å²) < 4.78 is 0. The fraction of sp³-hybridized carbons (Fsp3) is 0.714. The normalized spacial score (nSPS) is 17.0. The molecule has 1 saturated heterocycles. The van der Waals surface area contributed by atoms with Crippen molar-refractivity contribution in [3.8, 4) is 0 Å². The standard InChI is InChI=1S/C14H23N3OS/c1-11(2)12-10-13(18)16-14(15-12)19-9-8-17-6-4-3-5-7-17/h10-11H,3-9H2,1-2H3,(H,15,16,18)/p+1. The molecule has 2 N–H and O–H groups in total. The highest BCUT2D eigenvalue weighted by molar-refractivity contribution is 7.99. The van der Waals surface area contributed by atoms with E-state index in [-0.39, 0.29) is 5.56 Å². The summed E-state index contributed by atoms with van der Waals surface area (Å²) in [6, 6.07) is 1.60. The number of aromatic nitrogens is 2. The first kappa shape index (κ1) is 14.6. The Morgan fingerprint density at radius 2 is 2.11 bits per heavy atom. The molecule has 5 heteroatoms. The van der Waals surface area contributed by atoms with Crippen molar-refractivity contribution in [2.45, 2.75) is 44.2 Å². The van der Waals surface area contributed by atoms with Crippen LogP contribution in [0, 0.1) is 0 Å². The minimum atomic E-state index is -0.0356. The summed E-state index contributed by atoms with van der Waals surface area (Å²) in [6.45, 7) is 7.90. The number of hydrogen-bond donors (Lipinski definition) is 2. The van der Waals surface area contributed by atoms with Crippen LogP contribution >= 0.6 is 11.8 Å². The van der Waals surface area contributed by atoms with Crippen LogP contribution in [-0.4, -0.2) is 35.4 Å². The SMILES string of the molecule is CC(C)c1cc(=O)[nH]c(SCC[NH+]2CCCCC2)n1. The number of aromatic amines is 1. The second kappa shape index (κ2) is 7.10. The molecule has 1 fully saturated rings. The number of piperidine rings is 1. The average Bonchev–Trinajstić information content (AvgIpc) is 2.39. The zero-order chi connectivity index (χ0) is 13.7. The van der Waals surface area contributed by atoms with Crippen LogP contribution in [0.4, 0.5) is 0 Å². The van der Waals surface area contributed by atoms with Crippen LogP contribution in [0.1, 0.15) is 44.7 Å². The Bertz CT molecular complexity index is 452. The minimum absolute atomic E-state index is 0.0356. The van der Waals surface area contributed by atoms with Crippen molar-refractivity contribution in [1.82, 2.24) is 9.97 Å². The van der Waals surface area contributed by atoms with Gasteiger partial charge in [0.1, 0.15) is 0 Å². The molecule has 0 bridgehead atoms. The van der Waals surface area contributed by atoms with Crippen LogP contribution in [-0.2, 0) is 0 Å². The number of nitrogens with one attached hydrogen (secondary N) is 2. The number of nitrogens with zero attached hydrogens (tertiary/aromatic N) is 1. The monoisotopic (exact) mass is 282 g/mol. The summed E-state index contributed by atoms with van der Waals surface area (Å²) in [5.74, 6) is 1.33. The van der Waals surface area contributed by atoms with Gasteiger partial charge in [-0.25, -0.2) is 4.98 Å². The zero-order valence-corrected chi connectivity index (χ0v) is 12.7. The van der Waals surface area contributed by atoms with Gasteiger partial charge in [-0.1, -0.05) is 25.6 Å². The van der Waals surface area contributed by atoms with E-state index >= 15 is 0 Å². The quantitative estimate of drug-likeness (QED) is 0.627. The maximum absolute atomic E-state index is 11.6. The van der Waals surface area contributed by atoms with Crippen molar-refractivity contribution < 1.29 is 4.90 Å². The first-order valence-electron chi connectivity index (χ1n) is 7.23. The molecule has 1 aliphatic rings. The molecule has 0 saturated carbocycles. The second-order valence-electron chi connectivity index (χ2n) is 5.54. The number of thioether (sulfide) groups is 1. The highest BCUT2D eigenvalue weighted by Gasteiger charge is 2.13. The van der Waals surface area contributed by atoms with Gasteiger partial charge >= 0.3 is 0 Å². The summed E-state index contributed by atoms with van der Waals surface area (Å²) in [5.41, 5.74) is 0.850. The van der Waals surface area contributed by atoms with Crippen LogP contribution in [0.15, 0.2) is 16.0 Å². The third-order valence-electron chi connectivity index (χ3n) is 3.59. The lowest BCUT2D eigenvalue weighted by Crippen LogP contribution is -3.13. The Hall–Kier alpha value is -0.810. The molecular weight excluding hydrogens is 258 g/mol. The number of hydrogen-bond acceptors (Lipinski definition) is 3. The van der Waals surface area contributed by atoms with Gasteiger partial charge in [-0.2, -0.15) is 0 Å². The fourth-order valence-corrected chi connectivity index (χ4v) is 3.34. The van der Waals surface area contributed by atoms with Crippen LogP contribution < -0.4 is 10.5 Å². The summed E-state index contributed by atoms with van der Waals surface area (Å²) in [4.78, 5) is 20.6. The molecule has 0 spiro atoms. The summed E-state index contributed by atoms with van der Waals surface area (Å²) in [6.07, 6.45) is 4.11. The van der Waals surface area contributed by atoms with E-state index < -0.39 is 0 Å². The van der Waals surface area contributed by atoms with Gasteiger partial charge in [-0.15, -0.1) is 0 Å². The molecule has 0 radical (unpaired) electrons. The number of H-pyrrole nitrogens is 1. The molecule has 4 nitrogen and oxygen atoms in total. The van der Waals surface area contributed by atoms with Crippen LogP contribution in [0.2, 0.25) is 0 Å². The topological polar surface area (TPSA) is 50.2 Å². The van der Waals surface area contributed by atoms with E-state index in [0.717, 1.165) is 16.6 Å². The molecule has 1 aromatic rings. The molecule has 2 rings (SSSR count). The van der Waals surface area contributed by atoms with Crippen molar-refractivity contribution in [2.24, 2.45) is 0 Å². The molecule has 106 valence electrons. The summed E-state index contributed by atoms with van der Waals surface area (Å²) in [7, 11) is 0. The van der Waals surface area contributed by atoms with Gasteiger partial charge in [0, 0.05) is 6.07 Å². The minimum Gasteiger partial charge on any atom is -0.334 e. The molecule has 1 aromatic heterocycles.